The SMILES string of the molecule is Cc1cc(C)c2cccc(OCc3c(Cl)ccc(S(=O)(=O)NC4(C(=O)N5CCN(C(N)=NCCNCCCN)CC5)CCCC4)c3Cl)c2n1.O=C(O)C(F)(F)F.O=C(O)C(F)(F)F. The third-order valence-electron chi connectivity index (χ3n) is 9.64. The number of carboxylic acid groups (broad SMARTS) is 2. The zero-order valence-electron chi connectivity index (χ0n) is 34.1. The summed E-state index contributed by atoms with van der Waals surface area (Å²) in [7, 11) is -4.25. The number of sulfonamides is 1. The van der Waals surface area contributed by atoms with Crippen molar-refractivity contribution < 1.29 is 64.1 Å². The smallest absolute Gasteiger partial charge is 0.487 e. The van der Waals surface area contributed by atoms with Crippen molar-refractivity contribution in [3.05, 3.63) is 63.3 Å². The molecule has 25 heteroatoms. The average molecular weight is 962 g/mol. The Hall–Kier alpha value is -4.68. The van der Waals surface area contributed by atoms with Gasteiger partial charge in [-0.2, -0.15) is 31.1 Å². The number of aromatic nitrogens is 1. The topological polar surface area (TPSA) is 243 Å². The summed E-state index contributed by atoms with van der Waals surface area (Å²) in [4.78, 5) is 44.5. The van der Waals surface area contributed by atoms with Crippen LogP contribution in [0.2, 0.25) is 10.0 Å². The number of carbonyl (C=O) groups excluding carboxylic acids is 1. The molecule has 1 amide bonds. The normalized spacial score (nSPS) is 15.6. The van der Waals surface area contributed by atoms with Crippen LogP contribution >= 0.6 is 23.2 Å². The van der Waals surface area contributed by atoms with Crippen LogP contribution in [0, 0.1) is 13.8 Å². The highest BCUT2D eigenvalue weighted by Crippen LogP contribution is 2.37. The number of carbonyl (C=O) groups is 3. The number of nitrogens with one attached hydrogen (secondary N) is 2. The fourth-order valence-corrected chi connectivity index (χ4v) is 8.84. The minimum Gasteiger partial charge on any atom is -0.487 e. The summed E-state index contributed by atoms with van der Waals surface area (Å²) in [6, 6.07) is 10.5. The summed E-state index contributed by atoms with van der Waals surface area (Å²) in [5.41, 5.74) is 13.4. The minimum atomic E-state index is -5.08. The number of piperazine rings is 1. The van der Waals surface area contributed by atoms with Gasteiger partial charge in [0.25, 0.3) is 0 Å². The predicted octanol–water partition coefficient (Wildman–Crippen LogP) is 4.99. The van der Waals surface area contributed by atoms with Crippen LogP contribution in [0.25, 0.3) is 10.9 Å². The van der Waals surface area contributed by atoms with Gasteiger partial charge in [0.2, 0.25) is 15.9 Å². The molecule has 5 rings (SSSR count). The Kier molecular flexibility index (Phi) is 19.1. The number of amides is 1. The first-order valence-corrected chi connectivity index (χ1v) is 21.4. The fraction of sp³-hybridized carbons (Fsp3) is 0.500. The Morgan fingerprint density at radius 3 is 2.06 bits per heavy atom. The Balaban J connectivity index is 0.000000650. The van der Waals surface area contributed by atoms with Crippen LogP contribution in [0.1, 0.15) is 48.9 Å². The summed E-state index contributed by atoms with van der Waals surface area (Å²) >= 11 is 13.3. The number of pyridine rings is 1. The molecule has 0 atom stereocenters. The van der Waals surface area contributed by atoms with E-state index >= 15 is 0 Å². The third-order valence-corrected chi connectivity index (χ3v) is 12.1. The number of nitrogens with zero attached hydrogens (tertiary/aromatic N) is 4. The van der Waals surface area contributed by atoms with Crippen LogP contribution in [0.5, 0.6) is 5.75 Å². The van der Waals surface area contributed by atoms with E-state index in [1.54, 1.807) is 11.0 Å². The van der Waals surface area contributed by atoms with Crippen molar-refractivity contribution in [2.45, 2.75) is 75.3 Å². The van der Waals surface area contributed by atoms with E-state index in [4.69, 9.17) is 59.2 Å². The Morgan fingerprint density at radius 1 is 0.937 bits per heavy atom. The number of ether oxygens (including phenoxy) is 1. The van der Waals surface area contributed by atoms with Crippen molar-refractivity contribution in [1.29, 1.82) is 0 Å². The molecule has 8 N–H and O–H groups in total. The number of hydrogen-bond donors (Lipinski definition) is 6. The molecule has 63 heavy (non-hydrogen) atoms. The van der Waals surface area contributed by atoms with Gasteiger partial charge in [-0.05, 0) is 76.0 Å². The highest BCUT2D eigenvalue weighted by Gasteiger charge is 2.47. The lowest BCUT2D eigenvalue weighted by molar-refractivity contribution is -0.193. The number of benzene rings is 2. The summed E-state index contributed by atoms with van der Waals surface area (Å²) in [5.74, 6) is -4.79. The summed E-state index contributed by atoms with van der Waals surface area (Å²) in [5, 5.41) is 18.7. The minimum absolute atomic E-state index is 0.0564. The van der Waals surface area contributed by atoms with E-state index in [2.05, 4.69) is 20.0 Å². The standard InChI is InChI=1S/C34H46Cl2N8O4S.2C2HF3O2/c1-23-21-24(2)41-31-25(23)7-5-8-28(31)48-22-26-27(35)9-10-29(30(26)36)49(46,47)42-34(11-3-4-12-34)32(45)43-17-19-44(20-18-43)33(38)40-16-15-39-14-6-13-37;2*3-2(4,5)1(6)7/h5,7-10,21,39,42H,3-4,6,11-20,22,37H2,1-2H3,(H2,38,40);2*(H,6,7). The van der Waals surface area contributed by atoms with Gasteiger partial charge in [0.05, 0.1) is 11.6 Å². The van der Waals surface area contributed by atoms with E-state index in [-0.39, 0.29) is 27.5 Å². The largest absolute Gasteiger partial charge is 0.490 e. The lowest BCUT2D eigenvalue weighted by Crippen LogP contribution is -2.62. The molecule has 350 valence electrons. The molecule has 1 aliphatic carbocycles. The van der Waals surface area contributed by atoms with Crippen molar-refractivity contribution in [3.8, 4) is 5.75 Å². The highest BCUT2D eigenvalue weighted by molar-refractivity contribution is 7.89. The Bertz CT molecular complexity index is 2200. The number of aliphatic carboxylic acids is 2. The number of halogens is 8. The monoisotopic (exact) mass is 960 g/mol. The maximum atomic E-state index is 14.0. The molecule has 1 saturated heterocycles. The number of aryl methyl sites for hydroxylation is 2. The number of aliphatic imine (C=N–C) groups is 1. The van der Waals surface area contributed by atoms with E-state index in [9.17, 15) is 39.6 Å². The number of rotatable bonds is 13. The van der Waals surface area contributed by atoms with E-state index in [0.29, 0.717) is 81.4 Å². The van der Waals surface area contributed by atoms with Crippen molar-refractivity contribution >= 4 is 67.9 Å². The maximum absolute atomic E-state index is 14.0. The number of guanidine groups is 1. The Labute approximate surface area is 369 Å². The molecule has 2 aliphatic rings. The average Bonchev–Trinajstić information content (AvgIpc) is 3.67. The molecule has 0 spiro atoms. The number of fused-ring (bicyclic) bond motifs is 1. The molecule has 2 fully saturated rings. The van der Waals surface area contributed by atoms with Crippen LogP contribution in [-0.2, 0) is 31.0 Å². The van der Waals surface area contributed by atoms with Gasteiger partial charge < -0.3 is 41.5 Å². The second-order valence-corrected chi connectivity index (χ2v) is 16.7. The molecule has 1 aromatic heterocycles. The van der Waals surface area contributed by atoms with Gasteiger partial charge in [0.1, 0.15) is 28.3 Å². The molecule has 0 radical (unpaired) electrons. The van der Waals surface area contributed by atoms with Gasteiger partial charge >= 0.3 is 24.3 Å². The quantitative estimate of drug-likeness (QED) is 0.0573. The summed E-state index contributed by atoms with van der Waals surface area (Å²) < 4.78 is 100. The van der Waals surface area contributed by atoms with Gasteiger partial charge in [-0.15, -0.1) is 0 Å². The second kappa shape index (κ2) is 22.8. The number of para-hydroxylation sites is 1. The first-order chi connectivity index (χ1) is 29.3. The number of alkyl halides is 6. The maximum Gasteiger partial charge on any atom is 0.490 e. The zero-order chi connectivity index (χ0) is 47.3. The molecule has 0 bridgehead atoms. The number of nitrogens with two attached hydrogens (primary N) is 2. The summed E-state index contributed by atoms with van der Waals surface area (Å²) in [6.07, 6.45) is -7.04. The van der Waals surface area contributed by atoms with Gasteiger partial charge in [-0.3, -0.25) is 9.79 Å². The van der Waals surface area contributed by atoms with Gasteiger partial charge in [-0.25, -0.2) is 23.0 Å². The van der Waals surface area contributed by atoms with E-state index in [1.165, 1.54) is 12.1 Å². The Morgan fingerprint density at radius 2 is 1.51 bits per heavy atom. The van der Waals surface area contributed by atoms with Gasteiger partial charge in [0.15, 0.2) is 5.96 Å². The molecule has 1 aliphatic heterocycles. The molecule has 3 aromatic rings. The molecule has 2 heterocycles. The fourth-order valence-electron chi connectivity index (χ4n) is 6.53. The molecular weight excluding hydrogens is 913 g/mol. The molecule has 0 unspecified atom stereocenters. The molecule has 16 nitrogen and oxygen atoms in total. The lowest BCUT2D eigenvalue weighted by Gasteiger charge is -2.40. The van der Waals surface area contributed by atoms with Crippen molar-refractivity contribution in [3.63, 3.8) is 0 Å². The van der Waals surface area contributed by atoms with Crippen LogP contribution in [0.3, 0.4) is 0 Å². The predicted molar refractivity (Wildman–Crippen MR) is 222 cm³/mol. The second-order valence-electron chi connectivity index (χ2n) is 14.3. The molecule has 2 aromatic carbocycles. The van der Waals surface area contributed by atoms with Crippen molar-refractivity contribution in [2.24, 2.45) is 16.5 Å². The van der Waals surface area contributed by atoms with Crippen LogP contribution in [0.15, 0.2) is 46.3 Å². The van der Waals surface area contributed by atoms with Crippen LogP contribution in [0.4, 0.5) is 26.3 Å². The van der Waals surface area contributed by atoms with Crippen LogP contribution < -0.4 is 26.2 Å². The number of hydrogen-bond acceptors (Lipinski definition) is 10. The van der Waals surface area contributed by atoms with Crippen molar-refractivity contribution in [1.82, 2.24) is 24.8 Å². The first kappa shape index (κ1) is 52.7. The van der Waals surface area contributed by atoms with Crippen LogP contribution in [-0.4, -0.2) is 127 Å². The van der Waals surface area contributed by atoms with Crippen molar-refractivity contribution in [2.75, 3.05) is 52.4 Å². The molecule has 1 saturated carbocycles. The number of carboxylic acids is 2. The van der Waals surface area contributed by atoms with E-state index in [0.717, 1.165) is 42.5 Å². The lowest BCUT2D eigenvalue weighted by atomic mass is 9.96. The van der Waals surface area contributed by atoms with E-state index < -0.39 is 39.9 Å². The highest BCUT2D eigenvalue weighted by atomic mass is 35.5. The third kappa shape index (κ3) is 15.0. The van der Waals surface area contributed by atoms with Gasteiger partial charge in [0, 0.05) is 54.4 Å². The van der Waals surface area contributed by atoms with Gasteiger partial charge in [-0.1, -0.05) is 48.2 Å². The zero-order valence-corrected chi connectivity index (χ0v) is 36.4. The van der Waals surface area contributed by atoms with E-state index in [1.807, 2.05) is 36.9 Å². The molecular formula is C38H48Cl2F6N8O8S. The first-order valence-electron chi connectivity index (χ1n) is 19.2. The summed E-state index contributed by atoms with van der Waals surface area (Å²) in [6.45, 7) is 8.37.